The Bertz CT molecular complexity index is 317. The Morgan fingerprint density at radius 2 is 2.12 bits per heavy atom. The third-order valence-corrected chi connectivity index (χ3v) is 3.42. The first-order valence-electron chi connectivity index (χ1n) is 6.26. The third-order valence-electron chi connectivity index (χ3n) is 3.42. The monoisotopic (exact) mass is 215 g/mol. The van der Waals surface area contributed by atoms with E-state index in [0.29, 0.717) is 6.04 Å². The molecule has 1 aliphatic heterocycles. The van der Waals surface area contributed by atoms with E-state index >= 15 is 0 Å². The number of piperidine rings is 1. The summed E-state index contributed by atoms with van der Waals surface area (Å²) in [6.45, 7) is 4.99. The van der Waals surface area contributed by atoms with Gasteiger partial charge in [0.15, 0.2) is 0 Å². The maximum absolute atomic E-state index is 3.82. The first-order valence-corrected chi connectivity index (χ1v) is 6.26. The molecule has 0 unspecified atom stereocenters. The fourth-order valence-electron chi connectivity index (χ4n) is 2.61. The molecule has 0 radical (unpaired) electrons. The molecule has 1 aromatic carbocycles. The molecular weight excluding hydrogens is 194 g/mol. The summed E-state index contributed by atoms with van der Waals surface area (Å²) < 4.78 is 0. The van der Waals surface area contributed by atoms with Crippen molar-refractivity contribution < 1.29 is 0 Å². The van der Waals surface area contributed by atoms with Crippen LogP contribution in [0, 0.1) is 5.92 Å². The summed E-state index contributed by atoms with van der Waals surface area (Å²) in [4.78, 5) is 0. The minimum absolute atomic E-state index is 0.653. The lowest BCUT2D eigenvalue weighted by Crippen LogP contribution is -2.38. The Morgan fingerprint density at radius 3 is 2.88 bits per heavy atom. The van der Waals surface area contributed by atoms with Crippen molar-refractivity contribution in [3.63, 3.8) is 0 Å². The summed E-state index contributed by atoms with van der Waals surface area (Å²) in [5, 5.41) is 3.56. The van der Waals surface area contributed by atoms with E-state index in [9.17, 15) is 0 Å². The van der Waals surface area contributed by atoms with Gasteiger partial charge in [-0.15, -0.1) is 6.58 Å². The predicted octanol–water partition coefficient (Wildman–Crippen LogP) is 3.17. The zero-order valence-electron chi connectivity index (χ0n) is 9.86. The van der Waals surface area contributed by atoms with Crippen LogP contribution in [0.4, 0.5) is 0 Å². The van der Waals surface area contributed by atoms with E-state index < -0.39 is 0 Å². The number of hydrogen-bond donors (Lipinski definition) is 1. The van der Waals surface area contributed by atoms with Crippen LogP contribution in [0.25, 0.3) is 0 Å². The maximum Gasteiger partial charge on any atom is 0.0104 e. The van der Waals surface area contributed by atoms with Crippen molar-refractivity contribution in [1.82, 2.24) is 5.32 Å². The van der Waals surface area contributed by atoms with Gasteiger partial charge in [0, 0.05) is 6.04 Å². The second kappa shape index (κ2) is 5.86. The zero-order valence-corrected chi connectivity index (χ0v) is 9.86. The molecule has 1 nitrogen and oxygen atoms in total. The summed E-state index contributed by atoms with van der Waals surface area (Å²) in [6, 6.07) is 11.5. The van der Waals surface area contributed by atoms with Gasteiger partial charge in [0.1, 0.15) is 0 Å². The van der Waals surface area contributed by atoms with Crippen molar-refractivity contribution in [3.8, 4) is 0 Å². The van der Waals surface area contributed by atoms with Gasteiger partial charge in [-0.05, 0) is 43.7 Å². The molecule has 0 aromatic heterocycles. The van der Waals surface area contributed by atoms with Gasteiger partial charge < -0.3 is 5.32 Å². The molecule has 0 saturated carbocycles. The lowest BCUT2D eigenvalue weighted by Gasteiger charge is -2.29. The summed E-state index contributed by atoms with van der Waals surface area (Å²) in [5.74, 6) is 0.841. The van der Waals surface area contributed by atoms with Crippen LogP contribution in [0.2, 0.25) is 0 Å². The zero-order chi connectivity index (χ0) is 11.2. The highest BCUT2D eigenvalue weighted by Crippen LogP contribution is 2.22. The van der Waals surface area contributed by atoms with Crippen LogP contribution in [-0.4, -0.2) is 12.6 Å². The van der Waals surface area contributed by atoms with Crippen molar-refractivity contribution in [3.05, 3.63) is 48.6 Å². The van der Waals surface area contributed by atoms with Crippen molar-refractivity contribution in [2.45, 2.75) is 31.7 Å². The van der Waals surface area contributed by atoms with Gasteiger partial charge in [-0.25, -0.2) is 0 Å². The summed E-state index contributed by atoms with van der Waals surface area (Å²) >= 11 is 0. The Morgan fingerprint density at radius 1 is 1.31 bits per heavy atom. The second-order valence-corrected chi connectivity index (χ2v) is 4.76. The van der Waals surface area contributed by atoms with Crippen LogP contribution >= 0.6 is 0 Å². The average Bonchev–Trinajstić information content (AvgIpc) is 2.31. The van der Waals surface area contributed by atoms with Crippen LogP contribution in [0.3, 0.4) is 0 Å². The van der Waals surface area contributed by atoms with E-state index in [1.165, 1.54) is 24.8 Å². The minimum Gasteiger partial charge on any atom is -0.314 e. The molecule has 86 valence electrons. The second-order valence-electron chi connectivity index (χ2n) is 4.76. The molecule has 2 atom stereocenters. The normalized spacial score (nSPS) is 25.2. The van der Waals surface area contributed by atoms with E-state index in [2.05, 4.69) is 42.2 Å². The van der Waals surface area contributed by atoms with Crippen LogP contribution in [-0.2, 0) is 6.42 Å². The molecule has 0 bridgehead atoms. The fourth-order valence-corrected chi connectivity index (χ4v) is 2.61. The van der Waals surface area contributed by atoms with Gasteiger partial charge in [0.25, 0.3) is 0 Å². The highest BCUT2D eigenvalue weighted by atomic mass is 14.9. The molecule has 2 rings (SSSR count). The number of benzene rings is 1. The molecule has 1 saturated heterocycles. The Balaban J connectivity index is 1.88. The van der Waals surface area contributed by atoms with Crippen molar-refractivity contribution in [2.75, 3.05) is 6.54 Å². The smallest absolute Gasteiger partial charge is 0.0104 e. The topological polar surface area (TPSA) is 12.0 Å². The van der Waals surface area contributed by atoms with E-state index in [4.69, 9.17) is 0 Å². The molecule has 0 amide bonds. The van der Waals surface area contributed by atoms with Gasteiger partial charge in [0.2, 0.25) is 0 Å². The number of hydrogen-bond acceptors (Lipinski definition) is 1. The van der Waals surface area contributed by atoms with E-state index in [-0.39, 0.29) is 0 Å². The fraction of sp³-hybridized carbons (Fsp3) is 0.467. The van der Waals surface area contributed by atoms with Gasteiger partial charge in [-0.3, -0.25) is 0 Å². The van der Waals surface area contributed by atoms with Crippen molar-refractivity contribution >= 4 is 0 Å². The molecule has 0 aliphatic carbocycles. The minimum atomic E-state index is 0.653. The molecule has 1 aliphatic rings. The number of rotatable bonds is 4. The maximum atomic E-state index is 3.82. The Kier molecular flexibility index (Phi) is 4.17. The first kappa shape index (κ1) is 11.4. The molecule has 1 aromatic rings. The first-order chi connectivity index (χ1) is 7.88. The van der Waals surface area contributed by atoms with E-state index in [1.54, 1.807) is 0 Å². The molecular formula is C15H21N. The highest BCUT2D eigenvalue weighted by molar-refractivity contribution is 5.15. The summed E-state index contributed by atoms with van der Waals surface area (Å²) in [6.07, 6.45) is 6.97. The van der Waals surface area contributed by atoms with Gasteiger partial charge in [-0.1, -0.05) is 36.4 Å². The van der Waals surface area contributed by atoms with Gasteiger partial charge >= 0.3 is 0 Å². The lowest BCUT2D eigenvalue weighted by molar-refractivity contribution is 0.301. The summed E-state index contributed by atoms with van der Waals surface area (Å²) in [7, 11) is 0. The largest absolute Gasteiger partial charge is 0.314 e. The van der Waals surface area contributed by atoms with E-state index in [0.717, 1.165) is 18.9 Å². The van der Waals surface area contributed by atoms with Crippen LogP contribution in [0.5, 0.6) is 0 Å². The van der Waals surface area contributed by atoms with Crippen LogP contribution in [0.1, 0.15) is 24.8 Å². The molecule has 1 fully saturated rings. The van der Waals surface area contributed by atoms with Crippen LogP contribution in [0.15, 0.2) is 43.0 Å². The van der Waals surface area contributed by atoms with Gasteiger partial charge in [-0.2, -0.15) is 0 Å². The Hall–Kier alpha value is -1.08. The predicted molar refractivity (Wildman–Crippen MR) is 69.5 cm³/mol. The SMILES string of the molecule is C=CC[C@H]1C[C@H](Cc2ccccc2)CCN1. The van der Waals surface area contributed by atoms with Gasteiger partial charge in [0.05, 0.1) is 0 Å². The van der Waals surface area contributed by atoms with Crippen molar-refractivity contribution in [1.29, 1.82) is 0 Å². The number of nitrogens with one attached hydrogen (secondary N) is 1. The molecule has 1 heterocycles. The summed E-state index contributed by atoms with van der Waals surface area (Å²) in [5.41, 5.74) is 1.48. The molecule has 1 heteroatoms. The third kappa shape index (κ3) is 3.21. The van der Waals surface area contributed by atoms with E-state index in [1.807, 2.05) is 6.08 Å². The highest BCUT2D eigenvalue weighted by Gasteiger charge is 2.20. The molecule has 1 N–H and O–H groups in total. The van der Waals surface area contributed by atoms with Crippen molar-refractivity contribution in [2.24, 2.45) is 5.92 Å². The molecule has 0 spiro atoms. The quantitative estimate of drug-likeness (QED) is 0.761. The Labute approximate surface area is 98.6 Å². The molecule has 16 heavy (non-hydrogen) atoms. The van der Waals surface area contributed by atoms with Crippen LogP contribution < -0.4 is 5.32 Å². The standard InChI is InChI=1S/C15H21N/c1-2-6-15-12-14(9-10-16-15)11-13-7-4-3-5-8-13/h2-5,7-8,14-16H,1,6,9-12H2/t14-,15-/m0/s1. The average molecular weight is 215 g/mol. The lowest BCUT2D eigenvalue weighted by atomic mass is 9.86.